The number of nitrogens with one attached hydrogen (secondary N) is 1. The van der Waals surface area contributed by atoms with E-state index in [1.165, 1.54) is 11.0 Å². The van der Waals surface area contributed by atoms with E-state index >= 15 is 0 Å². The van der Waals surface area contributed by atoms with Gasteiger partial charge in [-0.15, -0.1) is 0 Å². The van der Waals surface area contributed by atoms with Crippen molar-refractivity contribution in [3.05, 3.63) is 24.0 Å². The molecule has 0 radical (unpaired) electrons. The second-order valence-electron chi connectivity index (χ2n) is 6.01. The summed E-state index contributed by atoms with van der Waals surface area (Å²) < 4.78 is 25.1. The molecular weight excluding hydrogens is 345 g/mol. The monoisotopic (exact) mass is 367 g/mol. The molecule has 25 heavy (non-hydrogen) atoms. The van der Waals surface area contributed by atoms with Gasteiger partial charge in [-0.3, -0.25) is 4.90 Å². The van der Waals surface area contributed by atoms with E-state index in [0.29, 0.717) is 50.8 Å². The Hall–Kier alpha value is -1.93. The van der Waals surface area contributed by atoms with Crippen LogP contribution >= 0.6 is 12.2 Å². The molecule has 2 fully saturated rings. The van der Waals surface area contributed by atoms with E-state index in [9.17, 15) is 9.18 Å². The minimum Gasteiger partial charge on any atom is -0.442 e. The molecule has 1 aromatic carbocycles. The van der Waals surface area contributed by atoms with Crippen LogP contribution in [0.3, 0.4) is 0 Å². The van der Waals surface area contributed by atoms with Crippen molar-refractivity contribution in [3.63, 3.8) is 0 Å². The number of nitrogens with zero attached hydrogens (tertiary/aromatic N) is 2. The first-order valence-corrected chi connectivity index (χ1v) is 8.86. The van der Waals surface area contributed by atoms with Crippen LogP contribution in [0.4, 0.5) is 20.6 Å². The van der Waals surface area contributed by atoms with E-state index < -0.39 is 6.09 Å². The van der Waals surface area contributed by atoms with Crippen LogP contribution in [0.5, 0.6) is 0 Å². The second-order valence-corrected chi connectivity index (χ2v) is 6.50. The van der Waals surface area contributed by atoms with Gasteiger partial charge in [-0.1, -0.05) is 19.1 Å². The topological polar surface area (TPSA) is 54.0 Å². The van der Waals surface area contributed by atoms with Crippen LogP contribution in [-0.4, -0.2) is 56.6 Å². The Morgan fingerprint density at radius 1 is 1.40 bits per heavy atom. The highest BCUT2D eigenvalue weighted by molar-refractivity contribution is 7.80. The molecule has 136 valence electrons. The number of morpholine rings is 1. The minimum atomic E-state index is -0.465. The molecule has 1 aromatic rings. The summed E-state index contributed by atoms with van der Waals surface area (Å²) in [6.07, 6.45) is -0.0276. The number of carbonyl (C=O) groups is 1. The fourth-order valence-electron chi connectivity index (χ4n) is 2.92. The second kappa shape index (κ2) is 7.97. The summed E-state index contributed by atoms with van der Waals surface area (Å²) in [4.78, 5) is 16.2. The van der Waals surface area contributed by atoms with Gasteiger partial charge in [0, 0.05) is 13.1 Å². The molecule has 3 rings (SSSR count). The van der Waals surface area contributed by atoms with E-state index in [-0.39, 0.29) is 11.9 Å². The molecule has 2 saturated heterocycles. The van der Waals surface area contributed by atoms with Crippen LogP contribution in [0.25, 0.3) is 0 Å². The number of hydrogen-bond donors (Lipinski definition) is 1. The highest BCUT2D eigenvalue weighted by Gasteiger charge is 2.32. The van der Waals surface area contributed by atoms with Gasteiger partial charge in [-0.25, -0.2) is 9.18 Å². The molecule has 0 saturated carbocycles. The van der Waals surface area contributed by atoms with Crippen LogP contribution < -0.4 is 15.1 Å². The maximum atomic E-state index is 14.5. The number of benzene rings is 1. The SMILES string of the molecule is CCC(=S)NC[C@H]1CN(c2ccc(N3CCOCC3)c(F)c2)C(=O)O1. The van der Waals surface area contributed by atoms with Crippen molar-refractivity contribution >= 4 is 34.7 Å². The zero-order valence-electron chi connectivity index (χ0n) is 14.2. The first kappa shape index (κ1) is 17.9. The number of ether oxygens (including phenoxy) is 2. The Morgan fingerprint density at radius 2 is 2.16 bits per heavy atom. The van der Waals surface area contributed by atoms with Crippen molar-refractivity contribution in [1.82, 2.24) is 5.32 Å². The summed E-state index contributed by atoms with van der Waals surface area (Å²) in [5.41, 5.74) is 1.03. The number of halogens is 1. The number of cyclic esters (lactones) is 1. The van der Waals surface area contributed by atoms with Crippen LogP contribution in [-0.2, 0) is 9.47 Å². The fourth-order valence-corrected chi connectivity index (χ4v) is 3.00. The number of hydrogen-bond acceptors (Lipinski definition) is 5. The Balaban J connectivity index is 1.66. The molecule has 2 aliphatic heterocycles. The minimum absolute atomic E-state index is 0.306. The third-order valence-corrected chi connectivity index (χ3v) is 4.75. The Kier molecular flexibility index (Phi) is 5.70. The van der Waals surface area contributed by atoms with Crippen LogP contribution in [0, 0.1) is 5.82 Å². The predicted octanol–water partition coefficient (Wildman–Crippen LogP) is 2.31. The Labute approximate surface area is 151 Å². The normalized spacial score (nSPS) is 20.6. The standard InChI is InChI=1S/C17H22FN3O3S/c1-2-16(25)19-10-13-11-21(17(22)24-13)12-3-4-15(14(18)9-12)20-5-7-23-8-6-20/h3-4,9,13H,2,5-8,10-11H2,1H3,(H,19,25)/t13-/m0/s1. The molecular formula is C17H22FN3O3S. The maximum absolute atomic E-state index is 14.5. The van der Waals surface area contributed by atoms with Crippen molar-refractivity contribution in [3.8, 4) is 0 Å². The summed E-state index contributed by atoms with van der Waals surface area (Å²) in [6, 6.07) is 4.85. The number of carbonyl (C=O) groups excluding carboxylic acids is 1. The third kappa shape index (κ3) is 4.19. The Bertz CT molecular complexity index is 652. The average Bonchev–Trinajstić information content (AvgIpc) is 3.01. The Morgan fingerprint density at radius 3 is 2.84 bits per heavy atom. The molecule has 1 atom stereocenters. The fraction of sp³-hybridized carbons (Fsp3) is 0.529. The van der Waals surface area contributed by atoms with Gasteiger partial charge < -0.3 is 19.7 Å². The largest absolute Gasteiger partial charge is 0.442 e. The number of rotatable bonds is 5. The maximum Gasteiger partial charge on any atom is 0.414 e. The zero-order chi connectivity index (χ0) is 17.8. The van der Waals surface area contributed by atoms with Crippen LogP contribution in [0.1, 0.15) is 13.3 Å². The summed E-state index contributed by atoms with van der Waals surface area (Å²) in [5, 5.41) is 3.07. The summed E-state index contributed by atoms with van der Waals surface area (Å²) in [7, 11) is 0. The van der Waals surface area contributed by atoms with Gasteiger partial charge in [0.2, 0.25) is 0 Å². The van der Waals surface area contributed by atoms with Gasteiger partial charge in [-0.2, -0.15) is 0 Å². The summed E-state index contributed by atoms with van der Waals surface area (Å²) in [6.45, 7) is 5.29. The van der Waals surface area contributed by atoms with Crippen molar-refractivity contribution in [1.29, 1.82) is 0 Å². The average molecular weight is 367 g/mol. The highest BCUT2D eigenvalue weighted by atomic mass is 32.1. The van der Waals surface area contributed by atoms with Crippen molar-refractivity contribution in [2.24, 2.45) is 0 Å². The smallest absolute Gasteiger partial charge is 0.414 e. The first-order valence-electron chi connectivity index (χ1n) is 8.45. The summed E-state index contributed by atoms with van der Waals surface area (Å²) >= 11 is 5.11. The molecule has 1 N–H and O–H groups in total. The number of thiocarbonyl (C=S) groups is 1. The van der Waals surface area contributed by atoms with Gasteiger partial charge >= 0.3 is 6.09 Å². The quantitative estimate of drug-likeness (QED) is 0.806. The lowest BCUT2D eigenvalue weighted by molar-refractivity contribution is 0.122. The van der Waals surface area contributed by atoms with Gasteiger partial charge in [0.15, 0.2) is 0 Å². The molecule has 2 heterocycles. The van der Waals surface area contributed by atoms with Gasteiger partial charge in [0.05, 0.1) is 42.7 Å². The van der Waals surface area contributed by atoms with Crippen molar-refractivity contribution in [2.45, 2.75) is 19.4 Å². The zero-order valence-corrected chi connectivity index (χ0v) is 15.0. The van der Waals surface area contributed by atoms with E-state index in [0.717, 1.165) is 11.4 Å². The molecule has 8 heteroatoms. The van der Waals surface area contributed by atoms with E-state index in [1.54, 1.807) is 12.1 Å². The van der Waals surface area contributed by atoms with Gasteiger partial charge in [-0.05, 0) is 24.6 Å². The first-order chi connectivity index (χ1) is 12.1. The van der Waals surface area contributed by atoms with E-state index in [2.05, 4.69) is 5.32 Å². The molecule has 6 nitrogen and oxygen atoms in total. The third-order valence-electron chi connectivity index (χ3n) is 4.32. The number of amides is 1. The van der Waals surface area contributed by atoms with Crippen molar-refractivity contribution in [2.75, 3.05) is 49.2 Å². The van der Waals surface area contributed by atoms with E-state index in [1.807, 2.05) is 11.8 Å². The van der Waals surface area contributed by atoms with Crippen molar-refractivity contribution < 1.29 is 18.7 Å². The molecule has 0 spiro atoms. The molecule has 0 bridgehead atoms. The van der Waals surface area contributed by atoms with Gasteiger partial charge in [0.25, 0.3) is 0 Å². The van der Waals surface area contributed by atoms with Crippen LogP contribution in [0.2, 0.25) is 0 Å². The lowest BCUT2D eigenvalue weighted by Crippen LogP contribution is -2.36. The highest BCUT2D eigenvalue weighted by Crippen LogP contribution is 2.28. The lowest BCUT2D eigenvalue weighted by Gasteiger charge is -2.29. The molecule has 0 unspecified atom stereocenters. The molecule has 0 aliphatic carbocycles. The lowest BCUT2D eigenvalue weighted by atomic mass is 10.2. The van der Waals surface area contributed by atoms with Crippen LogP contribution in [0.15, 0.2) is 18.2 Å². The summed E-state index contributed by atoms with van der Waals surface area (Å²) in [5.74, 6) is -0.346. The molecule has 2 aliphatic rings. The van der Waals surface area contributed by atoms with Gasteiger partial charge in [0.1, 0.15) is 11.9 Å². The predicted molar refractivity (Wildman–Crippen MR) is 97.9 cm³/mol. The molecule has 0 aromatic heterocycles. The number of anilines is 2. The molecule has 1 amide bonds. The van der Waals surface area contributed by atoms with E-state index in [4.69, 9.17) is 21.7 Å².